The van der Waals surface area contributed by atoms with Gasteiger partial charge in [0.1, 0.15) is 5.52 Å². The van der Waals surface area contributed by atoms with Crippen molar-refractivity contribution in [2.45, 2.75) is 0 Å². The predicted octanol–water partition coefficient (Wildman–Crippen LogP) is 12.4. The van der Waals surface area contributed by atoms with Crippen molar-refractivity contribution in [2.24, 2.45) is 0 Å². The van der Waals surface area contributed by atoms with Crippen molar-refractivity contribution in [1.82, 2.24) is 19.9 Å². The third kappa shape index (κ3) is 5.43. The lowest BCUT2D eigenvalue weighted by Crippen LogP contribution is -2.00. The Morgan fingerprint density at radius 1 is 0.385 bits per heavy atom. The van der Waals surface area contributed by atoms with Crippen LogP contribution in [0.2, 0.25) is 0 Å². The lowest BCUT2D eigenvalue weighted by Gasteiger charge is -2.10. The Labute approximate surface area is 303 Å². The van der Waals surface area contributed by atoms with E-state index in [0.29, 0.717) is 23.4 Å². The smallest absolute Gasteiger partial charge is 0.227 e. The fourth-order valence-electron chi connectivity index (χ4n) is 6.78. The Hall–Kier alpha value is -6.76. The van der Waals surface area contributed by atoms with Gasteiger partial charge < -0.3 is 4.42 Å². The first kappa shape index (κ1) is 30.1. The number of fused-ring (bicyclic) bond motifs is 4. The molecule has 0 aliphatic rings. The molecule has 52 heavy (non-hydrogen) atoms. The molecule has 3 heterocycles. The van der Waals surface area contributed by atoms with Gasteiger partial charge in [0, 0.05) is 42.4 Å². The van der Waals surface area contributed by atoms with Gasteiger partial charge in [0.05, 0.1) is 0 Å². The second-order valence-electron chi connectivity index (χ2n) is 12.7. The summed E-state index contributed by atoms with van der Waals surface area (Å²) in [6.45, 7) is 0. The highest BCUT2D eigenvalue weighted by Gasteiger charge is 2.18. The van der Waals surface area contributed by atoms with E-state index in [4.69, 9.17) is 19.4 Å². The molecule has 0 saturated heterocycles. The molecule has 0 radical (unpaired) electrons. The van der Waals surface area contributed by atoms with E-state index in [9.17, 15) is 0 Å². The van der Waals surface area contributed by atoms with Crippen LogP contribution in [0.5, 0.6) is 0 Å². The number of nitrogens with zero attached hydrogens (tertiary/aromatic N) is 4. The minimum atomic E-state index is 0.621. The Kier molecular flexibility index (Phi) is 7.25. The zero-order chi connectivity index (χ0) is 34.4. The van der Waals surface area contributed by atoms with Crippen molar-refractivity contribution in [3.8, 4) is 67.9 Å². The summed E-state index contributed by atoms with van der Waals surface area (Å²) in [5.74, 6) is 2.55. The van der Waals surface area contributed by atoms with Crippen LogP contribution >= 0.6 is 11.3 Å². The van der Waals surface area contributed by atoms with Crippen LogP contribution in [0.1, 0.15) is 0 Å². The van der Waals surface area contributed by atoms with Gasteiger partial charge in [-0.15, -0.1) is 11.3 Å². The number of oxazole rings is 1. The third-order valence-corrected chi connectivity index (χ3v) is 10.5. The van der Waals surface area contributed by atoms with Crippen molar-refractivity contribution >= 4 is 42.6 Å². The molecule has 0 spiro atoms. The number of rotatable bonds is 6. The average Bonchev–Trinajstić information content (AvgIpc) is 3.83. The molecule has 0 N–H and O–H groups in total. The highest BCUT2D eigenvalue weighted by Crippen LogP contribution is 2.41. The highest BCUT2D eigenvalue weighted by atomic mass is 32.1. The summed E-state index contributed by atoms with van der Waals surface area (Å²) in [7, 11) is 0. The molecule has 0 atom stereocenters. The molecule has 0 amide bonds. The lowest BCUT2D eigenvalue weighted by atomic mass is 9.99. The van der Waals surface area contributed by atoms with Crippen LogP contribution in [0.4, 0.5) is 0 Å². The van der Waals surface area contributed by atoms with Gasteiger partial charge >= 0.3 is 0 Å². The predicted molar refractivity (Wildman–Crippen MR) is 213 cm³/mol. The Balaban J connectivity index is 1.08. The van der Waals surface area contributed by atoms with E-state index in [1.165, 1.54) is 20.3 Å². The maximum Gasteiger partial charge on any atom is 0.227 e. The SMILES string of the molecule is c1ccc(-c2ccc(-c3nc(-c4ccccc4)nc(-c4cccc5sc6ccc(-c7ccc(-c8nc9ccccc9o8)cc7)cc6c45)n3)cc2)cc1. The molecule has 3 aromatic heterocycles. The molecule has 0 unspecified atom stereocenters. The van der Waals surface area contributed by atoms with Crippen molar-refractivity contribution < 1.29 is 4.42 Å². The Bertz CT molecular complexity index is 2850. The molecule has 0 aliphatic carbocycles. The van der Waals surface area contributed by atoms with Crippen LogP contribution < -0.4 is 0 Å². The second kappa shape index (κ2) is 12.5. The minimum absolute atomic E-state index is 0.621. The first-order chi connectivity index (χ1) is 25.7. The Morgan fingerprint density at radius 2 is 0.942 bits per heavy atom. The molecule has 244 valence electrons. The summed E-state index contributed by atoms with van der Waals surface area (Å²) < 4.78 is 8.42. The van der Waals surface area contributed by atoms with Crippen LogP contribution in [0, 0.1) is 0 Å². The summed E-state index contributed by atoms with van der Waals surface area (Å²) in [6.07, 6.45) is 0. The number of benzene rings is 7. The number of aromatic nitrogens is 4. The van der Waals surface area contributed by atoms with Crippen LogP contribution in [0.3, 0.4) is 0 Å². The van der Waals surface area contributed by atoms with Crippen molar-refractivity contribution in [3.63, 3.8) is 0 Å². The zero-order valence-electron chi connectivity index (χ0n) is 27.8. The zero-order valence-corrected chi connectivity index (χ0v) is 28.6. The van der Waals surface area contributed by atoms with E-state index in [1.807, 2.05) is 60.7 Å². The topological polar surface area (TPSA) is 64.7 Å². The van der Waals surface area contributed by atoms with Crippen molar-refractivity contribution in [3.05, 3.63) is 170 Å². The monoisotopic (exact) mass is 684 g/mol. The third-order valence-electron chi connectivity index (χ3n) is 9.41. The van der Waals surface area contributed by atoms with Crippen LogP contribution in [0.25, 0.3) is 99.1 Å². The molecule has 0 saturated carbocycles. The minimum Gasteiger partial charge on any atom is -0.436 e. The van der Waals surface area contributed by atoms with Gasteiger partial charge in [-0.2, -0.15) is 0 Å². The van der Waals surface area contributed by atoms with Gasteiger partial charge in [-0.3, -0.25) is 0 Å². The first-order valence-corrected chi connectivity index (χ1v) is 17.9. The molecule has 0 aliphatic heterocycles. The molecule has 7 aromatic carbocycles. The van der Waals surface area contributed by atoms with Gasteiger partial charge in [-0.25, -0.2) is 19.9 Å². The fraction of sp³-hybridized carbons (Fsp3) is 0. The molecule has 0 bridgehead atoms. The lowest BCUT2D eigenvalue weighted by molar-refractivity contribution is 0.620. The van der Waals surface area contributed by atoms with Gasteiger partial charge in [0.15, 0.2) is 23.1 Å². The maximum atomic E-state index is 6.02. The van der Waals surface area contributed by atoms with Gasteiger partial charge in [-0.05, 0) is 64.7 Å². The van der Waals surface area contributed by atoms with E-state index in [1.54, 1.807) is 11.3 Å². The molecule has 10 aromatic rings. The summed E-state index contributed by atoms with van der Waals surface area (Å²) in [4.78, 5) is 19.9. The fourth-order valence-corrected chi connectivity index (χ4v) is 7.89. The second-order valence-corrected chi connectivity index (χ2v) is 13.8. The van der Waals surface area contributed by atoms with Crippen molar-refractivity contribution in [1.29, 1.82) is 0 Å². The van der Waals surface area contributed by atoms with E-state index < -0.39 is 0 Å². The number of thiophene rings is 1. The molecular formula is C46H28N4OS. The van der Waals surface area contributed by atoms with Gasteiger partial charge in [0.2, 0.25) is 5.89 Å². The van der Waals surface area contributed by atoms with Crippen LogP contribution in [-0.4, -0.2) is 19.9 Å². The number of hydrogen-bond donors (Lipinski definition) is 0. The average molecular weight is 685 g/mol. The largest absolute Gasteiger partial charge is 0.436 e. The van der Waals surface area contributed by atoms with Gasteiger partial charge in [0.25, 0.3) is 0 Å². The van der Waals surface area contributed by atoms with E-state index in [2.05, 4.69) is 114 Å². The summed E-state index contributed by atoms with van der Waals surface area (Å²) in [5.41, 5.74) is 10.0. The van der Waals surface area contributed by atoms with E-state index >= 15 is 0 Å². The first-order valence-electron chi connectivity index (χ1n) is 17.1. The molecule has 0 fully saturated rings. The van der Waals surface area contributed by atoms with Gasteiger partial charge in [-0.1, -0.05) is 127 Å². The number of para-hydroxylation sites is 2. The molecule has 6 heteroatoms. The van der Waals surface area contributed by atoms with E-state index in [-0.39, 0.29) is 0 Å². The Morgan fingerprint density at radius 3 is 1.67 bits per heavy atom. The normalized spacial score (nSPS) is 11.5. The molecule has 5 nitrogen and oxygen atoms in total. The number of hydrogen-bond acceptors (Lipinski definition) is 6. The molecule has 10 rings (SSSR count). The maximum absolute atomic E-state index is 6.02. The summed E-state index contributed by atoms with van der Waals surface area (Å²) >= 11 is 1.78. The van der Waals surface area contributed by atoms with Crippen LogP contribution in [0.15, 0.2) is 174 Å². The van der Waals surface area contributed by atoms with Crippen LogP contribution in [-0.2, 0) is 0 Å². The summed E-state index contributed by atoms with van der Waals surface area (Å²) in [6, 6.07) is 58.3. The highest BCUT2D eigenvalue weighted by molar-refractivity contribution is 7.26. The standard InChI is InChI=1S/C46H28N4OS/c1-3-10-29(11-4-1)30-18-22-33(23-19-30)44-48-43(32-12-5-2-6-13-32)49-45(50-44)36-14-9-17-41-42(36)37-28-35(26-27-40(37)52-41)31-20-24-34(25-21-31)46-47-38-15-7-8-16-39(38)51-46/h1-28H. The summed E-state index contributed by atoms with van der Waals surface area (Å²) in [5, 5.41) is 2.31. The molecular weight excluding hydrogens is 657 g/mol. The quantitative estimate of drug-likeness (QED) is 0.174. The van der Waals surface area contributed by atoms with E-state index in [0.717, 1.165) is 55.4 Å². The van der Waals surface area contributed by atoms with Crippen molar-refractivity contribution in [2.75, 3.05) is 0 Å².